The van der Waals surface area contributed by atoms with Crippen LogP contribution < -0.4 is 139 Å². The zero-order valence-electron chi connectivity index (χ0n) is 11.6. The van der Waals surface area contributed by atoms with Gasteiger partial charge in [-0.1, -0.05) is 0 Å². The minimum absolute atomic E-state index is 0. The van der Waals surface area contributed by atoms with Gasteiger partial charge in [-0.2, -0.15) is 0 Å². The van der Waals surface area contributed by atoms with Crippen molar-refractivity contribution in [3.8, 4) is 0 Å². The minimum atomic E-state index is -1.55. The Kier molecular flexibility index (Phi) is 47.5. The van der Waals surface area contributed by atoms with Crippen LogP contribution in [-0.2, 0) is 19.2 Å². The van der Waals surface area contributed by atoms with E-state index < -0.39 is 23.9 Å². The normalized spacial score (nSPS) is 7.60. The summed E-state index contributed by atoms with van der Waals surface area (Å²) < 4.78 is 0. The Morgan fingerprint density at radius 2 is 0.550 bits per heavy atom. The number of carboxylic acids is 4. The average molecular weight is 320 g/mol. The minimum Gasteiger partial charge on any atom is -0.545 e. The fourth-order valence-corrected chi connectivity index (χ4v) is 0.272. The number of carbonyl (C=O) groups excluding carboxylic acids is 4. The van der Waals surface area contributed by atoms with Gasteiger partial charge >= 0.3 is 118 Å². The molecule has 88 valence electrons. The maximum absolute atomic E-state index is 9.41. The van der Waals surface area contributed by atoms with Gasteiger partial charge in [-0.25, -0.2) is 0 Å². The largest absolute Gasteiger partial charge is 1.00 e. The fourth-order valence-electron chi connectivity index (χ4n) is 0.272. The summed E-state index contributed by atoms with van der Waals surface area (Å²) in [6.07, 6.45) is 1.54. The van der Waals surface area contributed by atoms with Crippen LogP contribution >= 0.6 is 0 Å². The Morgan fingerprint density at radius 3 is 0.600 bits per heavy atom. The van der Waals surface area contributed by atoms with E-state index in [9.17, 15) is 39.6 Å². The van der Waals surface area contributed by atoms with Crippen LogP contribution in [0.3, 0.4) is 0 Å². The molecule has 0 N–H and O–H groups in total. The quantitative estimate of drug-likeness (QED) is 0.364. The van der Waals surface area contributed by atoms with Gasteiger partial charge in [-0.3, -0.25) is 0 Å². The summed E-state index contributed by atoms with van der Waals surface area (Å²) in [5.41, 5.74) is 0. The summed E-state index contributed by atoms with van der Waals surface area (Å²) in [7, 11) is 0. The molecule has 20 heavy (non-hydrogen) atoms. The molecule has 0 rings (SSSR count). The van der Waals surface area contributed by atoms with Gasteiger partial charge in [0.25, 0.3) is 0 Å². The van der Waals surface area contributed by atoms with E-state index >= 15 is 0 Å². The maximum atomic E-state index is 9.41. The van der Waals surface area contributed by atoms with Crippen LogP contribution in [0.1, 0.15) is 0 Å². The van der Waals surface area contributed by atoms with Crippen molar-refractivity contribution in [2.24, 2.45) is 0 Å². The predicted molar refractivity (Wildman–Crippen MR) is 38.3 cm³/mol. The molecule has 0 radical (unpaired) electrons. The van der Waals surface area contributed by atoms with Crippen molar-refractivity contribution in [2.45, 2.75) is 0 Å². The van der Waals surface area contributed by atoms with Gasteiger partial charge in [0, 0.05) is 0 Å². The first kappa shape index (κ1) is 37.5. The van der Waals surface area contributed by atoms with E-state index in [0.29, 0.717) is 24.3 Å². The monoisotopic (exact) mass is 320 g/mol. The van der Waals surface area contributed by atoms with Gasteiger partial charge in [0.1, 0.15) is 0 Å². The second-order valence-electron chi connectivity index (χ2n) is 1.94. The van der Waals surface area contributed by atoms with Gasteiger partial charge in [0.05, 0.1) is 23.9 Å². The van der Waals surface area contributed by atoms with Crippen molar-refractivity contribution in [3.63, 3.8) is 0 Å². The van der Waals surface area contributed by atoms with Crippen molar-refractivity contribution in [2.75, 3.05) is 0 Å². The van der Waals surface area contributed by atoms with Crippen molar-refractivity contribution >= 4 is 23.9 Å². The Bertz CT molecular complexity index is 286. The zero-order valence-corrected chi connectivity index (χ0v) is 19.6. The fraction of sp³-hybridized carbons (Fsp3) is 0. The molecule has 0 spiro atoms. The van der Waals surface area contributed by atoms with E-state index in [1.54, 1.807) is 0 Å². The Balaban J connectivity index is -0.0000000408. The Morgan fingerprint density at radius 1 is 0.450 bits per heavy atom. The predicted octanol–water partition coefficient (Wildman–Crippen LogP) is -17.9. The molecule has 8 nitrogen and oxygen atoms in total. The first-order chi connectivity index (χ1) is 7.25. The molecular formula is C8H4Na4O8. The molecule has 0 amide bonds. The molecule has 0 heterocycles. The molecule has 0 aromatic heterocycles. The standard InChI is InChI=1S/2C4H4O4.4Na/c2*5-3(6)1-2-4(7)8;;;;/h2*1-2H,(H,5,6)(H,7,8);;;;/q;;4*+1/p-4/b2*2-1+;;;;. The van der Waals surface area contributed by atoms with Crippen molar-refractivity contribution in [3.05, 3.63) is 24.3 Å². The van der Waals surface area contributed by atoms with E-state index in [0.717, 1.165) is 0 Å². The van der Waals surface area contributed by atoms with E-state index in [1.807, 2.05) is 0 Å². The molecular weight excluding hydrogens is 316 g/mol. The van der Waals surface area contributed by atoms with Crippen LogP contribution in [0.4, 0.5) is 0 Å². The number of aliphatic carboxylic acids is 4. The van der Waals surface area contributed by atoms with Crippen LogP contribution in [-0.4, -0.2) is 23.9 Å². The molecule has 0 aliphatic carbocycles. The third-order valence-electron chi connectivity index (χ3n) is 0.711. The molecule has 0 aliphatic heterocycles. The summed E-state index contributed by atoms with van der Waals surface area (Å²) in [4.78, 5) is 37.7. The van der Waals surface area contributed by atoms with Crippen molar-refractivity contribution < 1.29 is 158 Å². The zero-order chi connectivity index (χ0) is 13.1. The Hall–Kier alpha value is 1.36. The molecule has 0 saturated carbocycles. The summed E-state index contributed by atoms with van der Waals surface area (Å²) in [6.45, 7) is 0. The van der Waals surface area contributed by atoms with Gasteiger partial charge < -0.3 is 39.6 Å². The smallest absolute Gasteiger partial charge is 0.545 e. The molecule has 0 aromatic rings. The Labute approximate surface area is 202 Å². The molecule has 12 heteroatoms. The van der Waals surface area contributed by atoms with Crippen LogP contribution in [0.15, 0.2) is 24.3 Å². The first-order valence-corrected chi connectivity index (χ1v) is 3.45. The van der Waals surface area contributed by atoms with Crippen LogP contribution in [0.5, 0.6) is 0 Å². The number of hydrogen-bond donors (Lipinski definition) is 0. The van der Waals surface area contributed by atoms with E-state index in [4.69, 9.17) is 0 Å². The van der Waals surface area contributed by atoms with Gasteiger partial charge in [0.15, 0.2) is 0 Å². The summed E-state index contributed by atoms with van der Waals surface area (Å²) in [5, 5.41) is 37.7. The third kappa shape index (κ3) is 50.6. The second-order valence-corrected chi connectivity index (χ2v) is 1.94. The number of carboxylic acid groups (broad SMARTS) is 4. The molecule has 0 aliphatic rings. The molecule has 0 fully saturated rings. The van der Waals surface area contributed by atoms with Gasteiger partial charge in [-0.05, 0) is 24.3 Å². The van der Waals surface area contributed by atoms with Crippen LogP contribution in [0, 0.1) is 0 Å². The molecule has 0 unspecified atom stereocenters. The molecule has 0 bridgehead atoms. The summed E-state index contributed by atoms with van der Waals surface area (Å²) in [5.74, 6) is -6.19. The van der Waals surface area contributed by atoms with Crippen molar-refractivity contribution in [1.29, 1.82) is 0 Å². The summed E-state index contributed by atoms with van der Waals surface area (Å²) >= 11 is 0. The van der Waals surface area contributed by atoms with Crippen molar-refractivity contribution in [1.82, 2.24) is 0 Å². The number of carbonyl (C=O) groups is 4. The van der Waals surface area contributed by atoms with E-state index in [1.165, 1.54) is 0 Å². The van der Waals surface area contributed by atoms with Crippen LogP contribution in [0.2, 0.25) is 0 Å². The average Bonchev–Trinajstić information content (AvgIpc) is 2.12. The SMILES string of the molecule is O=C([O-])/C=C/C(=O)[O-].O=C([O-])/C=C/C(=O)[O-].[Na+].[Na+].[Na+].[Na+]. The van der Waals surface area contributed by atoms with E-state index in [-0.39, 0.29) is 118 Å². The first-order valence-electron chi connectivity index (χ1n) is 3.45. The van der Waals surface area contributed by atoms with E-state index in [2.05, 4.69) is 0 Å². The topological polar surface area (TPSA) is 161 Å². The maximum Gasteiger partial charge on any atom is 1.00 e. The molecule has 0 saturated heterocycles. The van der Waals surface area contributed by atoms with Gasteiger partial charge in [-0.15, -0.1) is 0 Å². The molecule has 0 atom stereocenters. The molecule has 0 aromatic carbocycles. The third-order valence-corrected chi connectivity index (χ3v) is 0.711. The summed E-state index contributed by atoms with van der Waals surface area (Å²) in [6, 6.07) is 0. The number of hydrogen-bond acceptors (Lipinski definition) is 8. The number of rotatable bonds is 4. The van der Waals surface area contributed by atoms with Crippen LogP contribution in [0.25, 0.3) is 0 Å². The van der Waals surface area contributed by atoms with Gasteiger partial charge in [0.2, 0.25) is 0 Å². The second kappa shape index (κ2) is 25.3.